The molecule has 0 aromatic heterocycles. The molecule has 0 unspecified atom stereocenters. The Bertz CT molecular complexity index is 190. The van der Waals surface area contributed by atoms with Crippen molar-refractivity contribution in [2.75, 3.05) is 13.1 Å². The van der Waals surface area contributed by atoms with Gasteiger partial charge in [0.25, 0.3) is 0 Å². The Labute approximate surface area is 78.4 Å². The quantitative estimate of drug-likeness (QED) is 0.458. The molecular weight excluding hydrogens is 168 g/mol. The van der Waals surface area contributed by atoms with E-state index in [9.17, 15) is 9.59 Å². The Morgan fingerprint density at radius 3 is 2.46 bits per heavy atom. The van der Waals surface area contributed by atoms with Crippen LogP contribution in [0.25, 0.3) is 0 Å². The number of amides is 2. The van der Waals surface area contributed by atoms with Crippen LogP contribution in [0, 0.1) is 0 Å². The summed E-state index contributed by atoms with van der Waals surface area (Å²) in [6.45, 7) is 6.16. The van der Waals surface area contributed by atoms with E-state index in [0.29, 0.717) is 19.5 Å². The highest BCUT2D eigenvalue weighted by molar-refractivity contribution is 5.86. The lowest BCUT2D eigenvalue weighted by Crippen LogP contribution is -2.33. The van der Waals surface area contributed by atoms with E-state index in [4.69, 9.17) is 0 Å². The zero-order valence-electron chi connectivity index (χ0n) is 7.93. The predicted octanol–water partition coefficient (Wildman–Crippen LogP) is 0.205. The topological polar surface area (TPSA) is 58.2 Å². The molecule has 0 aliphatic carbocycles. The maximum atomic E-state index is 10.9. The van der Waals surface area contributed by atoms with Crippen LogP contribution in [0.1, 0.15) is 19.8 Å². The van der Waals surface area contributed by atoms with E-state index in [1.165, 1.54) is 6.08 Å². The van der Waals surface area contributed by atoms with Crippen LogP contribution in [0.15, 0.2) is 12.7 Å². The molecule has 0 spiro atoms. The Kier molecular flexibility index (Phi) is 6.59. The van der Waals surface area contributed by atoms with Gasteiger partial charge in [-0.2, -0.15) is 0 Å². The molecule has 0 aromatic carbocycles. The molecule has 0 heterocycles. The van der Waals surface area contributed by atoms with Crippen molar-refractivity contribution < 1.29 is 9.59 Å². The lowest BCUT2D eigenvalue weighted by atomic mass is 10.3. The third-order valence-electron chi connectivity index (χ3n) is 1.41. The number of carbonyl (C=O) groups excluding carboxylic acids is 2. The van der Waals surface area contributed by atoms with Crippen molar-refractivity contribution in [3.8, 4) is 0 Å². The van der Waals surface area contributed by atoms with E-state index in [1.54, 1.807) is 0 Å². The van der Waals surface area contributed by atoms with Gasteiger partial charge in [-0.15, -0.1) is 0 Å². The zero-order valence-corrected chi connectivity index (χ0v) is 7.93. The van der Waals surface area contributed by atoms with Gasteiger partial charge >= 0.3 is 0 Å². The summed E-state index contributed by atoms with van der Waals surface area (Å²) < 4.78 is 0. The molecular formula is C9H16N2O2. The second kappa shape index (κ2) is 7.34. The zero-order chi connectivity index (χ0) is 10.1. The summed E-state index contributed by atoms with van der Waals surface area (Å²) >= 11 is 0. The van der Waals surface area contributed by atoms with Gasteiger partial charge in [0, 0.05) is 19.5 Å². The smallest absolute Gasteiger partial charge is 0.243 e. The van der Waals surface area contributed by atoms with E-state index in [-0.39, 0.29) is 11.8 Å². The van der Waals surface area contributed by atoms with Gasteiger partial charge in [0.1, 0.15) is 0 Å². The maximum Gasteiger partial charge on any atom is 0.243 e. The van der Waals surface area contributed by atoms with Crippen LogP contribution in [0.3, 0.4) is 0 Å². The van der Waals surface area contributed by atoms with Crippen LogP contribution in [0.5, 0.6) is 0 Å². The van der Waals surface area contributed by atoms with Crippen LogP contribution in [0.4, 0.5) is 0 Å². The molecule has 0 aromatic rings. The van der Waals surface area contributed by atoms with Gasteiger partial charge in [-0.3, -0.25) is 9.59 Å². The minimum Gasteiger partial charge on any atom is -0.354 e. The largest absolute Gasteiger partial charge is 0.354 e. The first kappa shape index (κ1) is 11.7. The first-order chi connectivity index (χ1) is 6.20. The maximum absolute atomic E-state index is 10.9. The molecule has 0 atom stereocenters. The minimum atomic E-state index is -0.218. The lowest BCUT2D eigenvalue weighted by molar-refractivity contribution is -0.121. The molecule has 0 rings (SSSR count). The summed E-state index contributed by atoms with van der Waals surface area (Å²) in [5, 5.41) is 5.23. The third-order valence-corrected chi connectivity index (χ3v) is 1.41. The molecule has 0 radical (unpaired) electrons. The van der Waals surface area contributed by atoms with Crippen LogP contribution in [-0.2, 0) is 9.59 Å². The van der Waals surface area contributed by atoms with Crippen LogP contribution in [0.2, 0.25) is 0 Å². The summed E-state index contributed by atoms with van der Waals surface area (Å²) in [6, 6.07) is 0. The SMILES string of the molecule is C=CC(=O)NCCNC(=O)CCC. The molecule has 4 heteroatoms. The van der Waals surface area contributed by atoms with Crippen molar-refractivity contribution >= 4 is 11.8 Å². The highest BCUT2D eigenvalue weighted by atomic mass is 16.2. The van der Waals surface area contributed by atoms with Crippen molar-refractivity contribution in [2.45, 2.75) is 19.8 Å². The molecule has 0 saturated carbocycles. The Balaban J connectivity index is 3.30. The van der Waals surface area contributed by atoms with Gasteiger partial charge < -0.3 is 10.6 Å². The van der Waals surface area contributed by atoms with Gasteiger partial charge in [0.15, 0.2) is 0 Å². The summed E-state index contributed by atoms with van der Waals surface area (Å²) in [5.74, 6) is -0.194. The van der Waals surface area contributed by atoms with Gasteiger partial charge in [-0.25, -0.2) is 0 Å². The van der Waals surface area contributed by atoms with E-state index in [0.717, 1.165) is 6.42 Å². The third kappa shape index (κ3) is 7.05. The summed E-state index contributed by atoms with van der Waals surface area (Å²) in [7, 11) is 0. The number of carbonyl (C=O) groups is 2. The Hall–Kier alpha value is -1.32. The monoisotopic (exact) mass is 184 g/mol. The van der Waals surface area contributed by atoms with Gasteiger partial charge in [0.2, 0.25) is 11.8 Å². The first-order valence-electron chi connectivity index (χ1n) is 4.37. The molecule has 0 aliphatic heterocycles. The molecule has 0 saturated heterocycles. The summed E-state index contributed by atoms with van der Waals surface area (Å²) in [5.41, 5.74) is 0. The fourth-order valence-electron chi connectivity index (χ4n) is 0.775. The second-order valence-electron chi connectivity index (χ2n) is 2.60. The Morgan fingerprint density at radius 1 is 1.31 bits per heavy atom. The van der Waals surface area contributed by atoms with Crippen LogP contribution >= 0.6 is 0 Å². The van der Waals surface area contributed by atoms with Crippen LogP contribution in [-0.4, -0.2) is 24.9 Å². The van der Waals surface area contributed by atoms with E-state index in [2.05, 4.69) is 17.2 Å². The molecule has 4 nitrogen and oxygen atoms in total. The normalized spacial score (nSPS) is 9.00. The number of hydrogen-bond acceptors (Lipinski definition) is 2. The molecule has 74 valence electrons. The number of rotatable bonds is 6. The van der Waals surface area contributed by atoms with Crippen molar-refractivity contribution in [2.24, 2.45) is 0 Å². The lowest BCUT2D eigenvalue weighted by Gasteiger charge is -2.04. The van der Waals surface area contributed by atoms with Gasteiger partial charge in [0.05, 0.1) is 0 Å². The minimum absolute atomic E-state index is 0.0235. The average molecular weight is 184 g/mol. The molecule has 0 aliphatic rings. The standard InChI is InChI=1S/C9H16N2O2/c1-3-5-9(13)11-7-6-10-8(12)4-2/h4H,2-3,5-7H2,1H3,(H,10,12)(H,11,13). The molecule has 2 amide bonds. The highest BCUT2D eigenvalue weighted by Crippen LogP contribution is 1.83. The van der Waals surface area contributed by atoms with Crippen molar-refractivity contribution in [3.05, 3.63) is 12.7 Å². The number of nitrogens with one attached hydrogen (secondary N) is 2. The van der Waals surface area contributed by atoms with Crippen molar-refractivity contribution in [1.29, 1.82) is 0 Å². The predicted molar refractivity (Wildman–Crippen MR) is 51.1 cm³/mol. The van der Waals surface area contributed by atoms with Gasteiger partial charge in [-0.1, -0.05) is 13.5 Å². The van der Waals surface area contributed by atoms with Crippen LogP contribution < -0.4 is 10.6 Å². The molecule has 2 N–H and O–H groups in total. The number of hydrogen-bond donors (Lipinski definition) is 2. The van der Waals surface area contributed by atoms with E-state index < -0.39 is 0 Å². The van der Waals surface area contributed by atoms with E-state index >= 15 is 0 Å². The molecule has 13 heavy (non-hydrogen) atoms. The van der Waals surface area contributed by atoms with Gasteiger partial charge in [-0.05, 0) is 12.5 Å². The highest BCUT2D eigenvalue weighted by Gasteiger charge is 1.97. The fourth-order valence-corrected chi connectivity index (χ4v) is 0.775. The molecule has 0 fully saturated rings. The summed E-state index contributed by atoms with van der Waals surface area (Å²) in [6.07, 6.45) is 2.58. The fraction of sp³-hybridized carbons (Fsp3) is 0.556. The van der Waals surface area contributed by atoms with Crippen molar-refractivity contribution in [3.63, 3.8) is 0 Å². The van der Waals surface area contributed by atoms with E-state index in [1.807, 2.05) is 6.92 Å². The molecule has 0 bridgehead atoms. The average Bonchev–Trinajstić information content (AvgIpc) is 2.12. The first-order valence-corrected chi connectivity index (χ1v) is 4.37. The van der Waals surface area contributed by atoms with Crippen molar-refractivity contribution in [1.82, 2.24) is 10.6 Å². The Morgan fingerprint density at radius 2 is 1.92 bits per heavy atom. The second-order valence-corrected chi connectivity index (χ2v) is 2.60. The summed E-state index contributed by atoms with van der Waals surface area (Å²) in [4.78, 5) is 21.6.